The largest absolute Gasteiger partial charge is 0.464 e. The molecule has 2 atom stereocenters. The fourth-order valence-corrected chi connectivity index (χ4v) is 2.58. The normalized spacial score (nSPS) is 22.8. The molecule has 5 heteroatoms. The van der Waals surface area contributed by atoms with Gasteiger partial charge in [0.25, 0.3) is 0 Å². The van der Waals surface area contributed by atoms with Crippen LogP contribution in [-0.2, 0) is 25.7 Å². The Kier molecular flexibility index (Phi) is 4.64. The first kappa shape index (κ1) is 16.2. The van der Waals surface area contributed by atoms with E-state index in [1.807, 2.05) is 44.2 Å². The van der Waals surface area contributed by atoms with Crippen molar-refractivity contribution in [2.45, 2.75) is 20.5 Å². The minimum atomic E-state index is -1.03. The Hall–Kier alpha value is -2.17. The van der Waals surface area contributed by atoms with Crippen LogP contribution < -0.4 is 0 Å². The molecule has 4 nitrogen and oxygen atoms in total. The highest BCUT2D eigenvalue weighted by atomic mass is 19.1. The molecule has 0 heterocycles. The molecule has 0 amide bonds. The van der Waals surface area contributed by atoms with Crippen LogP contribution in [0.15, 0.2) is 42.2 Å². The van der Waals surface area contributed by atoms with Gasteiger partial charge in [-0.1, -0.05) is 44.2 Å². The number of methoxy groups -OCH3 is 1. The maximum Gasteiger partial charge on any atom is 0.366 e. The Morgan fingerprint density at radius 2 is 1.91 bits per heavy atom. The summed E-state index contributed by atoms with van der Waals surface area (Å²) in [7, 11) is 1.11. The molecule has 0 aromatic heterocycles. The van der Waals surface area contributed by atoms with Crippen molar-refractivity contribution < 1.29 is 23.5 Å². The third kappa shape index (κ3) is 3.35. The second-order valence-corrected chi connectivity index (χ2v) is 5.92. The monoisotopic (exact) mass is 306 g/mol. The molecule has 118 valence electrons. The second-order valence-electron chi connectivity index (χ2n) is 5.92. The van der Waals surface area contributed by atoms with Crippen LogP contribution in [0.4, 0.5) is 4.39 Å². The summed E-state index contributed by atoms with van der Waals surface area (Å²) in [6.45, 7) is 3.86. The fraction of sp³-hybridized carbons (Fsp3) is 0.412. The van der Waals surface area contributed by atoms with Gasteiger partial charge in [0.2, 0.25) is 5.83 Å². The van der Waals surface area contributed by atoms with Crippen molar-refractivity contribution >= 4 is 11.9 Å². The molecule has 1 aliphatic carbocycles. The predicted molar refractivity (Wildman–Crippen MR) is 78.2 cm³/mol. The highest BCUT2D eigenvalue weighted by molar-refractivity contribution is 5.86. The zero-order chi connectivity index (χ0) is 16.3. The number of allylic oxidation sites excluding steroid dienone is 1. The van der Waals surface area contributed by atoms with Gasteiger partial charge in [-0.3, -0.25) is 4.79 Å². The van der Waals surface area contributed by atoms with Gasteiger partial charge in [-0.2, -0.15) is 4.39 Å². The van der Waals surface area contributed by atoms with Gasteiger partial charge in [-0.25, -0.2) is 4.79 Å². The molecule has 1 saturated carbocycles. The molecular weight excluding hydrogens is 287 g/mol. The Bertz CT molecular complexity index is 592. The number of carbonyl (C=O) groups is 2. The molecule has 0 unspecified atom stereocenters. The van der Waals surface area contributed by atoms with E-state index in [1.165, 1.54) is 0 Å². The minimum Gasteiger partial charge on any atom is -0.464 e. The van der Waals surface area contributed by atoms with Gasteiger partial charge in [-0.05, 0) is 23.0 Å². The van der Waals surface area contributed by atoms with Crippen molar-refractivity contribution in [2.24, 2.45) is 17.3 Å². The topological polar surface area (TPSA) is 52.6 Å². The lowest BCUT2D eigenvalue weighted by Gasteiger charge is -2.05. The van der Waals surface area contributed by atoms with Crippen molar-refractivity contribution in [3.05, 3.63) is 47.8 Å². The summed E-state index contributed by atoms with van der Waals surface area (Å²) >= 11 is 0. The molecule has 0 N–H and O–H groups in total. The zero-order valence-corrected chi connectivity index (χ0v) is 12.8. The van der Waals surface area contributed by atoms with Crippen molar-refractivity contribution in [3.63, 3.8) is 0 Å². The van der Waals surface area contributed by atoms with Crippen LogP contribution in [0.5, 0.6) is 0 Å². The number of esters is 2. The number of benzene rings is 1. The van der Waals surface area contributed by atoms with Crippen molar-refractivity contribution in [2.75, 3.05) is 7.11 Å². The van der Waals surface area contributed by atoms with E-state index in [1.54, 1.807) is 0 Å². The van der Waals surface area contributed by atoms with Gasteiger partial charge in [-0.15, -0.1) is 0 Å². The molecular formula is C17H19FO4. The van der Waals surface area contributed by atoms with Crippen LogP contribution in [0.25, 0.3) is 0 Å². The summed E-state index contributed by atoms with van der Waals surface area (Å²) in [6, 6.07) is 9.33. The van der Waals surface area contributed by atoms with E-state index in [2.05, 4.69) is 4.74 Å². The Labute approximate surface area is 128 Å². The molecule has 0 radical (unpaired) electrons. The SMILES string of the molecule is COC(=O)/C(F)=C\[C@H]1[C@@H](C(=O)OCc2ccccc2)C1(C)C. The van der Waals surface area contributed by atoms with Gasteiger partial charge in [0.1, 0.15) is 6.61 Å². The van der Waals surface area contributed by atoms with Crippen LogP contribution in [0, 0.1) is 17.3 Å². The van der Waals surface area contributed by atoms with Crippen molar-refractivity contribution in [1.29, 1.82) is 0 Å². The maximum atomic E-state index is 13.6. The lowest BCUT2D eigenvalue weighted by atomic mass is 10.1. The molecule has 1 fully saturated rings. The summed E-state index contributed by atoms with van der Waals surface area (Å²) in [4.78, 5) is 23.2. The quantitative estimate of drug-likeness (QED) is 0.620. The van der Waals surface area contributed by atoms with E-state index in [4.69, 9.17) is 4.74 Å². The van der Waals surface area contributed by atoms with Gasteiger partial charge < -0.3 is 9.47 Å². The second kappa shape index (κ2) is 6.30. The fourth-order valence-electron chi connectivity index (χ4n) is 2.58. The third-order valence-corrected chi connectivity index (χ3v) is 4.09. The summed E-state index contributed by atoms with van der Waals surface area (Å²) < 4.78 is 23.1. The zero-order valence-electron chi connectivity index (χ0n) is 12.8. The van der Waals surface area contributed by atoms with Crippen LogP contribution >= 0.6 is 0 Å². The molecule has 0 spiro atoms. The molecule has 1 aromatic rings. The Morgan fingerprint density at radius 1 is 1.27 bits per heavy atom. The van der Waals surface area contributed by atoms with Crippen molar-refractivity contribution in [1.82, 2.24) is 0 Å². The lowest BCUT2D eigenvalue weighted by Crippen LogP contribution is -2.10. The first-order valence-corrected chi connectivity index (χ1v) is 7.04. The van der Waals surface area contributed by atoms with Gasteiger partial charge in [0.05, 0.1) is 13.0 Å². The maximum absolute atomic E-state index is 13.6. The van der Waals surface area contributed by atoms with Gasteiger partial charge in [0, 0.05) is 0 Å². The summed E-state index contributed by atoms with van der Waals surface area (Å²) in [5, 5.41) is 0. The van der Waals surface area contributed by atoms with Crippen LogP contribution in [-0.4, -0.2) is 19.0 Å². The minimum absolute atomic E-state index is 0.183. The average molecular weight is 306 g/mol. The molecule has 22 heavy (non-hydrogen) atoms. The number of rotatable bonds is 5. The standard InChI is InChI=1S/C17H19FO4/c1-17(2)12(9-13(18)15(19)21-3)14(17)16(20)22-10-11-7-5-4-6-8-11/h4-9,12,14H,10H2,1-3H3/b13-9+/t12-,14-/m0/s1. The van der Waals surface area contributed by atoms with E-state index in [0.29, 0.717) is 0 Å². The highest BCUT2D eigenvalue weighted by Crippen LogP contribution is 2.60. The molecule has 1 aromatic carbocycles. The summed E-state index contributed by atoms with van der Waals surface area (Å²) in [5.74, 6) is -3.20. The van der Waals surface area contributed by atoms with Crippen LogP contribution in [0.1, 0.15) is 19.4 Å². The van der Waals surface area contributed by atoms with E-state index >= 15 is 0 Å². The summed E-state index contributed by atoms with van der Waals surface area (Å²) in [5.41, 5.74) is 0.459. The first-order valence-electron chi connectivity index (χ1n) is 7.04. The van der Waals surface area contributed by atoms with Gasteiger partial charge >= 0.3 is 11.9 Å². The van der Waals surface area contributed by atoms with Crippen LogP contribution in [0.3, 0.4) is 0 Å². The molecule has 0 saturated heterocycles. The first-order chi connectivity index (χ1) is 10.4. The summed E-state index contributed by atoms with van der Waals surface area (Å²) in [6.07, 6.45) is 1.15. The highest BCUT2D eigenvalue weighted by Gasteiger charge is 2.62. The number of hydrogen-bond donors (Lipinski definition) is 0. The number of hydrogen-bond acceptors (Lipinski definition) is 4. The lowest BCUT2D eigenvalue weighted by molar-refractivity contribution is -0.147. The van der Waals surface area contributed by atoms with E-state index in [9.17, 15) is 14.0 Å². The number of carbonyl (C=O) groups excluding carboxylic acids is 2. The Balaban J connectivity index is 1.97. The molecule has 1 aliphatic rings. The van der Waals surface area contributed by atoms with Crippen molar-refractivity contribution in [3.8, 4) is 0 Å². The average Bonchev–Trinajstić information content (AvgIpc) is 3.05. The smallest absolute Gasteiger partial charge is 0.366 e. The molecule has 2 rings (SSSR count). The van der Waals surface area contributed by atoms with E-state index in [-0.39, 0.29) is 18.5 Å². The molecule has 0 bridgehead atoms. The van der Waals surface area contributed by atoms with E-state index < -0.39 is 23.1 Å². The third-order valence-electron chi connectivity index (χ3n) is 4.09. The van der Waals surface area contributed by atoms with E-state index in [0.717, 1.165) is 18.7 Å². The van der Waals surface area contributed by atoms with Crippen LogP contribution in [0.2, 0.25) is 0 Å². The van der Waals surface area contributed by atoms with Gasteiger partial charge in [0.15, 0.2) is 0 Å². The number of halogens is 1. The Morgan fingerprint density at radius 3 is 2.50 bits per heavy atom. The number of ether oxygens (including phenoxy) is 2. The molecule has 0 aliphatic heterocycles. The predicted octanol–water partition coefficient (Wildman–Crippen LogP) is 3.03.